The lowest BCUT2D eigenvalue weighted by Gasteiger charge is -2.26. The van der Waals surface area contributed by atoms with Gasteiger partial charge in [-0.25, -0.2) is 4.79 Å². The number of ether oxygens (including phenoxy) is 2. The minimum atomic E-state index is -0.469. The standard InChI is InChI=1S/C18H26N2O3/c1-18(2,3)23-17(21)20-11-7-6-10-19-16-13-22-12-14-8-4-5-9-15(14)16/h4-9,16,19H,10-13H2,1-3H3,(H,20,21)/b7-6+. The Bertz CT molecular complexity index is 549. The smallest absolute Gasteiger partial charge is 0.407 e. The van der Waals surface area contributed by atoms with Gasteiger partial charge in [0.1, 0.15) is 5.60 Å². The van der Waals surface area contributed by atoms with Crippen LogP contribution >= 0.6 is 0 Å². The lowest BCUT2D eigenvalue weighted by Crippen LogP contribution is -2.32. The predicted octanol–water partition coefficient (Wildman–Crippen LogP) is 2.93. The molecule has 0 aromatic heterocycles. The highest BCUT2D eigenvalue weighted by Gasteiger charge is 2.19. The highest BCUT2D eigenvalue weighted by atomic mass is 16.6. The Kier molecular flexibility index (Phi) is 6.19. The van der Waals surface area contributed by atoms with Gasteiger partial charge in [0.05, 0.1) is 19.3 Å². The number of carbonyl (C=O) groups is 1. The van der Waals surface area contributed by atoms with Gasteiger partial charge in [-0.1, -0.05) is 36.4 Å². The molecule has 0 radical (unpaired) electrons. The molecule has 0 aliphatic carbocycles. The summed E-state index contributed by atoms with van der Waals surface area (Å²) in [5, 5.41) is 6.14. The highest BCUT2D eigenvalue weighted by Crippen LogP contribution is 2.23. The normalized spacial score (nSPS) is 17.8. The quantitative estimate of drug-likeness (QED) is 0.820. The van der Waals surface area contributed by atoms with Crippen molar-refractivity contribution in [3.63, 3.8) is 0 Å². The molecule has 2 rings (SSSR count). The third-order valence-corrected chi connectivity index (χ3v) is 3.38. The van der Waals surface area contributed by atoms with Crippen LogP contribution in [0.2, 0.25) is 0 Å². The molecule has 0 bridgehead atoms. The van der Waals surface area contributed by atoms with E-state index < -0.39 is 11.7 Å². The number of rotatable bonds is 5. The maximum absolute atomic E-state index is 11.5. The zero-order valence-electron chi connectivity index (χ0n) is 14.1. The molecule has 1 aliphatic heterocycles. The number of hydrogen-bond acceptors (Lipinski definition) is 4. The maximum atomic E-state index is 11.5. The summed E-state index contributed by atoms with van der Waals surface area (Å²) < 4.78 is 10.8. The minimum Gasteiger partial charge on any atom is -0.444 e. The second-order valence-corrected chi connectivity index (χ2v) is 6.53. The second-order valence-electron chi connectivity index (χ2n) is 6.53. The third-order valence-electron chi connectivity index (χ3n) is 3.38. The van der Waals surface area contributed by atoms with Crippen LogP contribution in [-0.2, 0) is 16.1 Å². The molecule has 5 nitrogen and oxygen atoms in total. The van der Waals surface area contributed by atoms with Crippen molar-refractivity contribution in [1.29, 1.82) is 0 Å². The topological polar surface area (TPSA) is 59.6 Å². The van der Waals surface area contributed by atoms with E-state index in [-0.39, 0.29) is 6.04 Å². The average molecular weight is 318 g/mol. The van der Waals surface area contributed by atoms with Gasteiger partial charge in [-0.15, -0.1) is 0 Å². The van der Waals surface area contributed by atoms with Gasteiger partial charge in [0.25, 0.3) is 0 Å². The van der Waals surface area contributed by atoms with Gasteiger partial charge in [0.15, 0.2) is 0 Å². The predicted molar refractivity (Wildman–Crippen MR) is 90.2 cm³/mol. The van der Waals surface area contributed by atoms with E-state index in [1.54, 1.807) is 0 Å². The Balaban J connectivity index is 1.69. The molecule has 1 amide bonds. The molecule has 1 aliphatic rings. The average Bonchev–Trinajstić information content (AvgIpc) is 2.49. The highest BCUT2D eigenvalue weighted by molar-refractivity contribution is 5.67. The molecule has 1 unspecified atom stereocenters. The first-order chi connectivity index (χ1) is 11.0. The van der Waals surface area contributed by atoms with Crippen molar-refractivity contribution in [2.45, 2.75) is 39.0 Å². The molecule has 1 heterocycles. The van der Waals surface area contributed by atoms with Crippen molar-refractivity contribution in [3.05, 3.63) is 47.5 Å². The fourth-order valence-electron chi connectivity index (χ4n) is 2.38. The van der Waals surface area contributed by atoms with Gasteiger partial charge in [0, 0.05) is 13.1 Å². The number of nitrogens with one attached hydrogen (secondary N) is 2. The van der Waals surface area contributed by atoms with Crippen LogP contribution in [-0.4, -0.2) is 31.4 Å². The summed E-state index contributed by atoms with van der Waals surface area (Å²) >= 11 is 0. The van der Waals surface area contributed by atoms with E-state index in [9.17, 15) is 4.79 Å². The van der Waals surface area contributed by atoms with E-state index in [1.165, 1.54) is 11.1 Å². The molecule has 2 N–H and O–H groups in total. The van der Waals surface area contributed by atoms with E-state index >= 15 is 0 Å². The molecule has 0 saturated carbocycles. The van der Waals surface area contributed by atoms with E-state index in [1.807, 2.05) is 39.0 Å². The first-order valence-electron chi connectivity index (χ1n) is 7.96. The van der Waals surface area contributed by atoms with Gasteiger partial charge in [-0.2, -0.15) is 0 Å². The van der Waals surface area contributed by atoms with Crippen LogP contribution in [0.5, 0.6) is 0 Å². The van der Waals surface area contributed by atoms with Crippen molar-refractivity contribution in [1.82, 2.24) is 10.6 Å². The first-order valence-corrected chi connectivity index (χ1v) is 7.96. The Hall–Kier alpha value is -1.85. The van der Waals surface area contributed by atoms with E-state index in [0.29, 0.717) is 19.8 Å². The molecular weight excluding hydrogens is 292 g/mol. The number of carbonyl (C=O) groups excluding carboxylic acids is 1. The van der Waals surface area contributed by atoms with Gasteiger partial charge >= 0.3 is 6.09 Å². The van der Waals surface area contributed by atoms with Crippen molar-refractivity contribution >= 4 is 6.09 Å². The summed E-state index contributed by atoms with van der Waals surface area (Å²) in [6.45, 7) is 8.07. The molecule has 5 heteroatoms. The lowest BCUT2D eigenvalue weighted by atomic mass is 9.99. The molecule has 1 aromatic carbocycles. The number of fused-ring (bicyclic) bond motifs is 1. The molecule has 126 valence electrons. The lowest BCUT2D eigenvalue weighted by molar-refractivity contribution is 0.0534. The van der Waals surface area contributed by atoms with Crippen LogP contribution < -0.4 is 10.6 Å². The molecule has 0 spiro atoms. The molecule has 23 heavy (non-hydrogen) atoms. The van der Waals surface area contributed by atoms with Crippen LogP contribution in [0.15, 0.2) is 36.4 Å². The summed E-state index contributed by atoms with van der Waals surface area (Å²) in [6.07, 6.45) is 3.51. The van der Waals surface area contributed by atoms with E-state index in [0.717, 1.165) is 6.54 Å². The van der Waals surface area contributed by atoms with Crippen molar-refractivity contribution < 1.29 is 14.3 Å². The molecule has 1 aromatic rings. The van der Waals surface area contributed by atoms with Crippen molar-refractivity contribution in [2.75, 3.05) is 19.7 Å². The summed E-state index contributed by atoms with van der Waals surface area (Å²) in [5.74, 6) is 0. The largest absolute Gasteiger partial charge is 0.444 e. The van der Waals surface area contributed by atoms with E-state index in [2.05, 4.69) is 28.8 Å². The molecule has 0 fully saturated rings. The zero-order valence-corrected chi connectivity index (χ0v) is 14.1. The Morgan fingerprint density at radius 3 is 2.83 bits per heavy atom. The zero-order chi connectivity index (χ0) is 16.7. The van der Waals surface area contributed by atoms with Crippen molar-refractivity contribution in [2.24, 2.45) is 0 Å². The summed E-state index contributed by atoms with van der Waals surface area (Å²) in [4.78, 5) is 11.5. The number of benzene rings is 1. The van der Waals surface area contributed by atoms with Crippen LogP contribution in [0.3, 0.4) is 0 Å². The second kappa shape index (κ2) is 8.13. The van der Waals surface area contributed by atoms with E-state index in [4.69, 9.17) is 9.47 Å². The van der Waals surface area contributed by atoms with Crippen LogP contribution in [0.25, 0.3) is 0 Å². The Labute approximate surface area is 138 Å². The first kappa shape index (κ1) is 17.5. The van der Waals surface area contributed by atoms with Crippen molar-refractivity contribution in [3.8, 4) is 0 Å². The fraction of sp³-hybridized carbons (Fsp3) is 0.500. The molecular formula is C18H26N2O3. The third kappa shape index (κ3) is 6.04. The monoisotopic (exact) mass is 318 g/mol. The number of alkyl carbamates (subject to hydrolysis) is 1. The van der Waals surface area contributed by atoms with Gasteiger partial charge in [-0.3, -0.25) is 0 Å². The van der Waals surface area contributed by atoms with Gasteiger partial charge < -0.3 is 20.1 Å². The number of amides is 1. The fourth-order valence-corrected chi connectivity index (χ4v) is 2.38. The van der Waals surface area contributed by atoms with Crippen LogP contribution in [0.4, 0.5) is 4.79 Å². The van der Waals surface area contributed by atoms with Crippen LogP contribution in [0.1, 0.15) is 37.9 Å². The summed E-state index contributed by atoms with van der Waals surface area (Å²) in [7, 11) is 0. The number of hydrogen-bond donors (Lipinski definition) is 2. The van der Waals surface area contributed by atoms with Gasteiger partial charge in [-0.05, 0) is 31.9 Å². The molecule has 1 atom stereocenters. The summed E-state index contributed by atoms with van der Waals surface area (Å²) in [6, 6.07) is 8.54. The maximum Gasteiger partial charge on any atom is 0.407 e. The Morgan fingerprint density at radius 2 is 2.04 bits per heavy atom. The summed E-state index contributed by atoms with van der Waals surface area (Å²) in [5.41, 5.74) is 2.08. The Morgan fingerprint density at radius 1 is 1.30 bits per heavy atom. The molecule has 0 saturated heterocycles. The minimum absolute atomic E-state index is 0.211. The van der Waals surface area contributed by atoms with Gasteiger partial charge in [0.2, 0.25) is 0 Å². The van der Waals surface area contributed by atoms with Crippen LogP contribution in [0, 0.1) is 0 Å². The SMILES string of the molecule is CC(C)(C)OC(=O)NC/C=C/CNC1COCc2ccccc21.